The van der Waals surface area contributed by atoms with Crippen LogP contribution in [0.5, 0.6) is 0 Å². The molecule has 2 atom stereocenters. The fourth-order valence-corrected chi connectivity index (χ4v) is 3.02. The van der Waals surface area contributed by atoms with Crippen molar-refractivity contribution in [2.45, 2.75) is 64.5 Å². The number of rotatable bonds is 5. The molecular weight excluding hydrogens is 298 g/mol. The number of hydrogen-bond donors (Lipinski definition) is 0. The number of carbonyl (C=O) groups excluding carboxylic acids is 1. The van der Waals surface area contributed by atoms with Crippen molar-refractivity contribution in [2.24, 2.45) is 0 Å². The molecule has 0 spiro atoms. The molecule has 1 amide bonds. The molecule has 2 heterocycles. The zero-order valence-electron chi connectivity index (χ0n) is 13.9. The van der Waals surface area contributed by atoms with Crippen LogP contribution in [0.3, 0.4) is 0 Å². The zero-order chi connectivity index (χ0) is 16.3. The second kappa shape index (κ2) is 7.32. The van der Waals surface area contributed by atoms with E-state index in [2.05, 4.69) is 28.9 Å². The topological polar surface area (TPSA) is 36.4 Å². The first kappa shape index (κ1) is 17.1. The van der Waals surface area contributed by atoms with E-state index in [0.717, 1.165) is 17.9 Å². The fourth-order valence-electron chi connectivity index (χ4n) is 2.89. The molecule has 1 aromatic heterocycles. The SMILES string of the molecule is CC(Cl)C(=O)N(Cc1ccc(N2CCCC2C)nc1)C(C)C. The van der Waals surface area contributed by atoms with Crippen molar-refractivity contribution in [3.8, 4) is 0 Å². The molecule has 0 aromatic carbocycles. The molecule has 2 unspecified atom stereocenters. The molecule has 1 aliphatic rings. The van der Waals surface area contributed by atoms with Crippen molar-refractivity contribution >= 4 is 23.3 Å². The van der Waals surface area contributed by atoms with Gasteiger partial charge in [0.25, 0.3) is 0 Å². The molecule has 122 valence electrons. The van der Waals surface area contributed by atoms with Crippen LogP contribution < -0.4 is 4.90 Å². The van der Waals surface area contributed by atoms with Crippen molar-refractivity contribution in [1.82, 2.24) is 9.88 Å². The summed E-state index contributed by atoms with van der Waals surface area (Å²) in [6, 6.07) is 4.80. The molecule has 1 fully saturated rings. The second-order valence-corrected chi connectivity index (χ2v) is 7.04. The molecule has 0 radical (unpaired) electrons. The Morgan fingerprint density at radius 2 is 2.18 bits per heavy atom. The van der Waals surface area contributed by atoms with E-state index in [9.17, 15) is 4.79 Å². The smallest absolute Gasteiger partial charge is 0.240 e. The van der Waals surface area contributed by atoms with Gasteiger partial charge in [-0.15, -0.1) is 11.6 Å². The van der Waals surface area contributed by atoms with E-state index in [1.165, 1.54) is 12.8 Å². The van der Waals surface area contributed by atoms with E-state index >= 15 is 0 Å². The largest absolute Gasteiger partial charge is 0.354 e. The van der Waals surface area contributed by atoms with Crippen LogP contribution in [-0.4, -0.2) is 39.8 Å². The number of alkyl halides is 1. The van der Waals surface area contributed by atoms with E-state index in [1.54, 1.807) is 11.8 Å². The molecule has 1 aliphatic heterocycles. The molecule has 0 saturated carbocycles. The van der Waals surface area contributed by atoms with Gasteiger partial charge in [0.05, 0.1) is 0 Å². The van der Waals surface area contributed by atoms with Gasteiger partial charge < -0.3 is 9.80 Å². The van der Waals surface area contributed by atoms with Gasteiger partial charge >= 0.3 is 0 Å². The maximum absolute atomic E-state index is 12.2. The lowest BCUT2D eigenvalue weighted by Gasteiger charge is -2.28. The summed E-state index contributed by atoms with van der Waals surface area (Å²) < 4.78 is 0. The predicted octanol–water partition coefficient (Wildman–Crippen LogP) is 3.43. The molecule has 1 saturated heterocycles. The highest BCUT2D eigenvalue weighted by Gasteiger charge is 2.23. The number of aromatic nitrogens is 1. The van der Waals surface area contributed by atoms with Gasteiger partial charge in [0, 0.05) is 31.4 Å². The predicted molar refractivity (Wildman–Crippen MR) is 91.3 cm³/mol. The van der Waals surface area contributed by atoms with Gasteiger partial charge in [-0.05, 0) is 52.2 Å². The average Bonchev–Trinajstić information content (AvgIpc) is 2.90. The van der Waals surface area contributed by atoms with Crippen molar-refractivity contribution < 1.29 is 4.79 Å². The van der Waals surface area contributed by atoms with Crippen LogP contribution >= 0.6 is 11.6 Å². The van der Waals surface area contributed by atoms with Gasteiger partial charge in [0.15, 0.2) is 0 Å². The van der Waals surface area contributed by atoms with Crippen molar-refractivity contribution in [3.63, 3.8) is 0 Å². The van der Waals surface area contributed by atoms with E-state index < -0.39 is 5.38 Å². The third kappa shape index (κ3) is 3.92. The van der Waals surface area contributed by atoms with Crippen LogP contribution in [-0.2, 0) is 11.3 Å². The quantitative estimate of drug-likeness (QED) is 0.779. The normalized spacial score (nSPS) is 19.5. The lowest BCUT2D eigenvalue weighted by Crippen LogP contribution is -2.40. The maximum atomic E-state index is 12.2. The van der Waals surface area contributed by atoms with Crippen molar-refractivity contribution in [3.05, 3.63) is 23.9 Å². The minimum atomic E-state index is -0.500. The lowest BCUT2D eigenvalue weighted by atomic mass is 10.2. The van der Waals surface area contributed by atoms with Crippen LogP contribution in [0.1, 0.15) is 46.1 Å². The Kier molecular flexibility index (Phi) is 5.68. The molecule has 4 nitrogen and oxygen atoms in total. The standard InChI is InChI=1S/C17H26ClN3O/c1-12(2)21(17(22)14(4)18)11-15-7-8-16(19-10-15)20-9-5-6-13(20)3/h7-8,10,12-14H,5-6,9,11H2,1-4H3. The fraction of sp³-hybridized carbons (Fsp3) is 0.647. The number of hydrogen-bond acceptors (Lipinski definition) is 3. The molecule has 5 heteroatoms. The van der Waals surface area contributed by atoms with Gasteiger partial charge in [-0.3, -0.25) is 4.79 Å². The first-order valence-electron chi connectivity index (χ1n) is 8.06. The van der Waals surface area contributed by atoms with Gasteiger partial charge in [-0.2, -0.15) is 0 Å². The minimum absolute atomic E-state index is 0.0334. The van der Waals surface area contributed by atoms with Gasteiger partial charge in [0.2, 0.25) is 5.91 Å². The monoisotopic (exact) mass is 323 g/mol. The Morgan fingerprint density at radius 1 is 1.45 bits per heavy atom. The van der Waals surface area contributed by atoms with Crippen LogP contribution in [0.2, 0.25) is 0 Å². The number of nitrogens with zero attached hydrogens (tertiary/aromatic N) is 3. The van der Waals surface area contributed by atoms with E-state index in [0.29, 0.717) is 12.6 Å². The summed E-state index contributed by atoms with van der Waals surface area (Å²) in [4.78, 5) is 20.9. The van der Waals surface area contributed by atoms with E-state index in [-0.39, 0.29) is 11.9 Å². The number of amides is 1. The first-order valence-corrected chi connectivity index (χ1v) is 8.50. The van der Waals surface area contributed by atoms with Crippen LogP contribution in [0.15, 0.2) is 18.3 Å². The number of pyridine rings is 1. The van der Waals surface area contributed by atoms with Gasteiger partial charge in [-0.25, -0.2) is 4.98 Å². The van der Waals surface area contributed by atoms with Crippen LogP contribution in [0.4, 0.5) is 5.82 Å². The van der Waals surface area contributed by atoms with E-state index in [1.807, 2.05) is 20.0 Å². The Bertz CT molecular complexity index is 501. The molecule has 0 N–H and O–H groups in total. The molecular formula is C17H26ClN3O. The Hall–Kier alpha value is -1.29. The summed E-state index contributed by atoms with van der Waals surface area (Å²) in [5.74, 6) is 0.996. The average molecular weight is 324 g/mol. The van der Waals surface area contributed by atoms with Crippen LogP contribution in [0.25, 0.3) is 0 Å². The highest BCUT2D eigenvalue weighted by Crippen LogP contribution is 2.23. The number of anilines is 1. The van der Waals surface area contributed by atoms with Crippen molar-refractivity contribution in [2.75, 3.05) is 11.4 Å². The molecule has 0 bridgehead atoms. The van der Waals surface area contributed by atoms with Crippen LogP contribution in [0, 0.1) is 0 Å². The van der Waals surface area contributed by atoms with Gasteiger partial charge in [-0.1, -0.05) is 6.07 Å². The Labute approximate surface area is 138 Å². The minimum Gasteiger partial charge on any atom is -0.354 e. The highest BCUT2D eigenvalue weighted by atomic mass is 35.5. The van der Waals surface area contributed by atoms with Gasteiger partial charge in [0.1, 0.15) is 11.2 Å². The number of halogens is 1. The summed E-state index contributed by atoms with van der Waals surface area (Å²) in [5.41, 5.74) is 1.04. The molecule has 2 rings (SSSR count). The highest BCUT2D eigenvalue weighted by molar-refractivity contribution is 6.30. The summed E-state index contributed by atoms with van der Waals surface area (Å²) in [5, 5.41) is -0.500. The molecule has 22 heavy (non-hydrogen) atoms. The maximum Gasteiger partial charge on any atom is 0.240 e. The molecule has 1 aromatic rings. The summed E-state index contributed by atoms with van der Waals surface area (Å²) in [6.07, 6.45) is 4.34. The second-order valence-electron chi connectivity index (χ2n) is 6.39. The summed E-state index contributed by atoms with van der Waals surface area (Å²) in [7, 11) is 0. The third-order valence-corrected chi connectivity index (χ3v) is 4.44. The zero-order valence-corrected chi connectivity index (χ0v) is 14.7. The van der Waals surface area contributed by atoms with E-state index in [4.69, 9.17) is 11.6 Å². The Morgan fingerprint density at radius 3 is 2.64 bits per heavy atom. The van der Waals surface area contributed by atoms with Crippen molar-refractivity contribution in [1.29, 1.82) is 0 Å². The first-order chi connectivity index (χ1) is 10.4. The number of carbonyl (C=O) groups is 1. The summed E-state index contributed by atoms with van der Waals surface area (Å²) >= 11 is 5.95. The Balaban J connectivity index is 2.07. The molecule has 0 aliphatic carbocycles. The summed E-state index contributed by atoms with van der Waals surface area (Å²) in [6.45, 7) is 9.60. The third-order valence-electron chi connectivity index (χ3n) is 4.26. The lowest BCUT2D eigenvalue weighted by molar-refractivity contribution is -0.132.